The molecule has 0 radical (unpaired) electrons. The molecule has 0 aromatic heterocycles. The Morgan fingerprint density at radius 3 is 2.67 bits per heavy atom. The first-order chi connectivity index (χ1) is 8.88. The Morgan fingerprint density at radius 1 is 1.06 bits per heavy atom. The third-order valence-electron chi connectivity index (χ3n) is 4.05. The summed E-state index contributed by atoms with van der Waals surface area (Å²) in [6.45, 7) is 2.31. The van der Waals surface area contributed by atoms with Crippen LogP contribution in [-0.2, 0) is 0 Å². The summed E-state index contributed by atoms with van der Waals surface area (Å²) < 4.78 is 0. The van der Waals surface area contributed by atoms with Crippen LogP contribution in [0.2, 0.25) is 0 Å². The van der Waals surface area contributed by atoms with Crippen molar-refractivity contribution in [2.24, 2.45) is 5.92 Å². The van der Waals surface area contributed by atoms with Gasteiger partial charge in [0.15, 0.2) is 0 Å². The maximum Gasteiger partial charge on any atom is 0.00945 e. The van der Waals surface area contributed by atoms with E-state index in [4.69, 9.17) is 0 Å². The molecular weight excluding hydrogens is 236 g/mol. The summed E-state index contributed by atoms with van der Waals surface area (Å²) in [6, 6.07) is 10.9. The van der Waals surface area contributed by atoms with Gasteiger partial charge in [-0.3, -0.25) is 0 Å². The lowest BCUT2D eigenvalue weighted by Crippen LogP contribution is -2.01. The molecule has 0 heterocycles. The van der Waals surface area contributed by atoms with E-state index in [1.165, 1.54) is 56.3 Å². The standard InChI is InChI=1S/C17H26S/c1-2-3-8-15-9-7-12-17(14-13-15)18-16-10-5-4-6-11-16/h4-6,10-11,15,17H,2-3,7-9,12-14H2,1H3. The fraction of sp³-hybridized carbons (Fsp3) is 0.647. The highest BCUT2D eigenvalue weighted by Crippen LogP contribution is 2.35. The summed E-state index contributed by atoms with van der Waals surface area (Å²) in [6.07, 6.45) is 11.5. The van der Waals surface area contributed by atoms with Crippen LogP contribution in [0.1, 0.15) is 58.3 Å². The van der Waals surface area contributed by atoms with E-state index in [2.05, 4.69) is 49.0 Å². The average Bonchev–Trinajstić information content (AvgIpc) is 2.63. The third kappa shape index (κ3) is 4.68. The molecule has 0 spiro atoms. The van der Waals surface area contributed by atoms with Gasteiger partial charge in [0.2, 0.25) is 0 Å². The lowest BCUT2D eigenvalue weighted by molar-refractivity contribution is 0.414. The minimum Gasteiger partial charge on any atom is -0.123 e. The number of hydrogen-bond donors (Lipinski definition) is 0. The molecule has 1 aliphatic carbocycles. The summed E-state index contributed by atoms with van der Waals surface area (Å²) in [7, 11) is 0. The topological polar surface area (TPSA) is 0 Å². The van der Waals surface area contributed by atoms with Crippen LogP contribution < -0.4 is 0 Å². The molecule has 0 saturated heterocycles. The molecule has 18 heavy (non-hydrogen) atoms. The molecule has 1 aromatic rings. The van der Waals surface area contributed by atoms with E-state index in [-0.39, 0.29) is 0 Å². The molecule has 0 aliphatic heterocycles. The van der Waals surface area contributed by atoms with E-state index >= 15 is 0 Å². The highest BCUT2D eigenvalue weighted by Gasteiger charge is 2.19. The smallest absolute Gasteiger partial charge is 0.00945 e. The summed E-state index contributed by atoms with van der Waals surface area (Å²) in [5, 5.41) is 0.860. The zero-order valence-electron chi connectivity index (χ0n) is 11.6. The monoisotopic (exact) mass is 262 g/mol. The van der Waals surface area contributed by atoms with Gasteiger partial charge in [0.05, 0.1) is 0 Å². The minimum atomic E-state index is 0.860. The van der Waals surface area contributed by atoms with Crippen LogP contribution in [-0.4, -0.2) is 5.25 Å². The number of rotatable bonds is 5. The van der Waals surface area contributed by atoms with Gasteiger partial charge in [0.25, 0.3) is 0 Å². The van der Waals surface area contributed by atoms with Crippen LogP contribution in [0.5, 0.6) is 0 Å². The van der Waals surface area contributed by atoms with E-state index in [1.54, 1.807) is 0 Å². The fourth-order valence-electron chi connectivity index (χ4n) is 2.94. The molecular formula is C17H26S. The van der Waals surface area contributed by atoms with Crippen molar-refractivity contribution in [1.29, 1.82) is 0 Å². The second-order valence-electron chi connectivity index (χ2n) is 5.57. The van der Waals surface area contributed by atoms with Crippen molar-refractivity contribution >= 4 is 11.8 Å². The van der Waals surface area contributed by atoms with Gasteiger partial charge >= 0.3 is 0 Å². The molecule has 0 N–H and O–H groups in total. The zero-order valence-corrected chi connectivity index (χ0v) is 12.4. The van der Waals surface area contributed by atoms with Gasteiger partial charge < -0.3 is 0 Å². The van der Waals surface area contributed by atoms with Crippen LogP contribution in [0.3, 0.4) is 0 Å². The lowest BCUT2D eigenvalue weighted by atomic mass is 9.94. The number of benzene rings is 1. The molecule has 0 bridgehead atoms. The largest absolute Gasteiger partial charge is 0.123 e. The molecule has 2 rings (SSSR count). The van der Waals surface area contributed by atoms with Crippen molar-refractivity contribution in [3.05, 3.63) is 30.3 Å². The van der Waals surface area contributed by atoms with Crippen LogP contribution in [0, 0.1) is 5.92 Å². The van der Waals surface area contributed by atoms with E-state index in [9.17, 15) is 0 Å². The van der Waals surface area contributed by atoms with Crippen LogP contribution in [0.25, 0.3) is 0 Å². The SMILES string of the molecule is CCCCC1CCCC(Sc2ccccc2)CC1. The first-order valence-corrected chi connectivity index (χ1v) is 8.48. The average molecular weight is 262 g/mol. The van der Waals surface area contributed by atoms with Crippen molar-refractivity contribution < 1.29 is 0 Å². The van der Waals surface area contributed by atoms with Crippen LogP contribution in [0.15, 0.2) is 35.2 Å². The molecule has 1 aliphatic rings. The van der Waals surface area contributed by atoms with Crippen molar-refractivity contribution in [3.8, 4) is 0 Å². The van der Waals surface area contributed by atoms with Gasteiger partial charge in [-0.1, -0.05) is 57.2 Å². The quantitative estimate of drug-likeness (QED) is 0.594. The van der Waals surface area contributed by atoms with E-state index in [0.29, 0.717) is 0 Å². The lowest BCUT2D eigenvalue weighted by Gasteiger charge is -2.14. The highest BCUT2D eigenvalue weighted by molar-refractivity contribution is 8.00. The number of hydrogen-bond acceptors (Lipinski definition) is 1. The Bertz CT molecular complexity index is 320. The van der Waals surface area contributed by atoms with Crippen molar-refractivity contribution in [2.75, 3.05) is 0 Å². The van der Waals surface area contributed by atoms with Crippen LogP contribution in [0.4, 0.5) is 0 Å². The second-order valence-corrected chi connectivity index (χ2v) is 6.94. The van der Waals surface area contributed by atoms with Gasteiger partial charge in [-0.25, -0.2) is 0 Å². The van der Waals surface area contributed by atoms with Crippen molar-refractivity contribution in [2.45, 2.75) is 68.4 Å². The first-order valence-electron chi connectivity index (χ1n) is 7.60. The van der Waals surface area contributed by atoms with E-state index in [0.717, 1.165) is 11.2 Å². The Kier molecular flexibility index (Phi) is 6.13. The fourth-order valence-corrected chi connectivity index (χ4v) is 4.17. The highest BCUT2D eigenvalue weighted by atomic mass is 32.2. The zero-order chi connectivity index (χ0) is 12.6. The van der Waals surface area contributed by atoms with Gasteiger partial charge in [-0.05, 0) is 37.3 Å². The number of thioether (sulfide) groups is 1. The van der Waals surface area contributed by atoms with Gasteiger partial charge in [-0.2, -0.15) is 0 Å². The van der Waals surface area contributed by atoms with Crippen LogP contribution >= 0.6 is 11.8 Å². The van der Waals surface area contributed by atoms with Crippen molar-refractivity contribution in [1.82, 2.24) is 0 Å². The Hall–Kier alpha value is -0.430. The minimum absolute atomic E-state index is 0.860. The Labute approximate surface area is 117 Å². The molecule has 1 aromatic carbocycles. The molecule has 2 unspecified atom stereocenters. The predicted octanol–water partition coefficient (Wildman–Crippen LogP) is 5.92. The molecule has 2 atom stereocenters. The van der Waals surface area contributed by atoms with Gasteiger partial charge in [-0.15, -0.1) is 11.8 Å². The molecule has 1 fully saturated rings. The summed E-state index contributed by atoms with van der Waals surface area (Å²) in [5.74, 6) is 1.02. The predicted molar refractivity (Wildman–Crippen MR) is 82.2 cm³/mol. The molecule has 100 valence electrons. The van der Waals surface area contributed by atoms with Crippen molar-refractivity contribution in [3.63, 3.8) is 0 Å². The van der Waals surface area contributed by atoms with E-state index < -0.39 is 0 Å². The molecule has 0 amide bonds. The molecule has 0 nitrogen and oxygen atoms in total. The Balaban J connectivity index is 1.78. The van der Waals surface area contributed by atoms with E-state index in [1.807, 2.05) is 0 Å². The summed E-state index contributed by atoms with van der Waals surface area (Å²) in [5.41, 5.74) is 0. The maximum absolute atomic E-state index is 2.31. The maximum atomic E-state index is 2.31. The van der Waals surface area contributed by atoms with Gasteiger partial charge in [0, 0.05) is 10.1 Å². The normalized spacial score (nSPS) is 24.7. The van der Waals surface area contributed by atoms with Gasteiger partial charge in [0.1, 0.15) is 0 Å². The number of unbranched alkanes of at least 4 members (excludes halogenated alkanes) is 1. The summed E-state index contributed by atoms with van der Waals surface area (Å²) >= 11 is 2.10. The second kappa shape index (κ2) is 7.89. The molecule has 1 saturated carbocycles. The molecule has 1 heteroatoms. The third-order valence-corrected chi connectivity index (χ3v) is 5.40. The Morgan fingerprint density at radius 2 is 1.89 bits per heavy atom. The first kappa shape index (κ1) is 14.0. The summed E-state index contributed by atoms with van der Waals surface area (Å²) in [4.78, 5) is 1.45.